The molecule has 1 aliphatic carbocycles. The summed E-state index contributed by atoms with van der Waals surface area (Å²) >= 11 is 0. The Morgan fingerprint density at radius 2 is 2.00 bits per heavy atom. The van der Waals surface area contributed by atoms with Gasteiger partial charge in [-0.15, -0.1) is 0 Å². The molecule has 0 aromatic carbocycles. The highest BCUT2D eigenvalue weighted by Crippen LogP contribution is 2.28. The Morgan fingerprint density at radius 3 is 2.60 bits per heavy atom. The minimum absolute atomic E-state index is 0.162. The van der Waals surface area contributed by atoms with Crippen LogP contribution in [0.15, 0.2) is 0 Å². The molecule has 0 radical (unpaired) electrons. The van der Waals surface area contributed by atoms with Crippen molar-refractivity contribution in [1.29, 1.82) is 0 Å². The van der Waals surface area contributed by atoms with Gasteiger partial charge in [-0.3, -0.25) is 0 Å². The van der Waals surface area contributed by atoms with E-state index in [1.165, 1.54) is 12.8 Å². The summed E-state index contributed by atoms with van der Waals surface area (Å²) in [5.74, 6) is 0.597. The van der Waals surface area contributed by atoms with Gasteiger partial charge in [0.2, 0.25) is 0 Å². The van der Waals surface area contributed by atoms with E-state index in [2.05, 4.69) is 4.72 Å². The standard InChI is InChI=1S/C10H20N2O2S/c1-9-4-2-3-7-12(9)15(13,14)11-8-10-5-6-10/h9-11H,2-8H2,1H3/t9-/m0/s1. The van der Waals surface area contributed by atoms with Crippen molar-refractivity contribution in [3.05, 3.63) is 0 Å². The molecule has 0 aromatic heterocycles. The Balaban J connectivity index is 1.92. The van der Waals surface area contributed by atoms with Crippen molar-refractivity contribution in [1.82, 2.24) is 9.03 Å². The third-order valence-corrected chi connectivity index (χ3v) is 4.99. The van der Waals surface area contributed by atoms with Gasteiger partial charge in [0.05, 0.1) is 0 Å². The molecule has 1 saturated carbocycles. The third-order valence-electron chi connectivity index (χ3n) is 3.30. The number of hydrogen-bond donors (Lipinski definition) is 1. The Bertz CT molecular complexity index is 311. The van der Waals surface area contributed by atoms with Crippen LogP contribution in [0.3, 0.4) is 0 Å². The molecule has 0 aromatic rings. The smallest absolute Gasteiger partial charge is 0.202 e. The zero-order chi connectivity index (χ0) is 10.9. The third kappa shape index (κ3) is 2.92. The minimum Gasteiger partial charge on any atom is -0.202 e. The van der Waals surface area contributed by atoms with Crippen LogP contribution in [0, 0.1) is 5.92 Å². The van der Waals surface area contributed by atoms with Gasteiger partial charge in [-0.05, 0) is 38.5 Å². The molecule has 0 unspecified atom stereocenters. The van der Waals surface area contributed by atoms with Gasteiger partial charge in [0.1, 0.15) is 0 Å². The second kappa shape index (κ2) is 4.39. The van der Waals surface area contributed by atoms with Gasteiger partial charge in [0.25, 0.3) is 10.2 Å². The van der Waals surface area contributed by atoms with Crippen molar-refractivity contribution in [2.24, 2.45) is 5.92 Å². The number of hydrogen-bond acceptors (Lipinski definition) is 2. The van der Waals surface area contributed by atoms with Gasteiger partial charge in [-0.2, -0.15) is 12.7 Å². The van der Waals surface area contributed by atoms with Crippen molar-refractivity contribution in [3.63, 3.8) is 0 Å². The lowest BCUT2D eigenvalue weighted by Crippen LogP contribution is -2.48. The van der Waals surface area contributed by atoms with Crippen molar-refractivity contribution in [2.75, 3.05) is 13.1 Å². The molecule has 0 bridgehead atoms. The summed E-state index contributed by atoms with van der Waals surface area (Å²) in [4.78, 5) is 0. The summed E-state index contributed by atoms with van der Waals surface area (Å²) < 4.78 is 28.2. The molecule has 0 spiro atoms. The molecule has 0 amide bonds. The van der Waals surface area contributed by atoms with Crippen LogP contribution in [0.2, 0.25) is 0 Å². The molecule has 1 aliphatic heterocycles. The molecule has 15 heavy (non-hydrogen) atoms. The van der Waals surface area contributed by atoms with Crippen LogP contribution < -0.4 is 4.72 Å². The monoisotopic (exact) mass is 232 g/mol. The van der Waals surface area contributed by atoms with E-state index in [1.807, 2.05) is 6.92 Å². The van der Waals surface area contributed by atoms with Crippen LogP contribution in [0.4, 0.5) is 0 Å². The molecular formula is C10H20N2O2S. The highest BCUT2D eigenvalue weighted by atomic mass is 32.2. The molecule has 5 heteroatoms. The Hall–Kier alpha value is -0.130. The van der Waals surface area contributed by atoms with Crippen LogP contribution in [0.1, 0.15) is 39.0 Å². The van der Waals surface area contributed by atoms with Gasteiger partial charge in [0, 0.05) is 19.1 Å². The Kier molecular flexibility index (Phi) is 3.33. The molecule has 1 saturated heterocycles. The Morgan fingerprint density at radius 1 is 1.27 bits per heavy atom. The lowest BCUT2D eigenvalue weighted by Gasteiger charge is -2.32. The molecular weight excluding hydrogens is 212 g/mol. The second-order valence-corrected chi connectivity index (χ2v) is 6.46. The van der Waals surface area contributed by atoms with E-state index >= 15 is 0 Å². The first-order valence-corrected chi connectivity index (χ1v) is 7.30. The summed E-state index contributed by atoms with van der Waals surface area (Å²) in [7, 11) is -3.20. The van der Waals surface area contributed by atoms with E-state index in [0.29, 0.717) is 19.0 Å². The van der Waals surface area contributed by atoms with E-state index in [9.17, 15) is 8.42 Å². The second-order valence-electron chi connectivity index (χ2n) is 4.75. The van der Waals surface area contributed by atoms with Gasteiger partial charge in [-0.25, -0.2) is 4.72 Å². The molecule has 1 N–H and O–H groups in total. The molecule has 2 aliphatic rings. The number of nitrogens with one attached hydrogen (secondary N) is 1. The molecule has 88 valence electrons. The summed E-state index contributed by atoms with van der Waals surface area (Å²) in [6, 6.07) is 0.162. The lowest BCUT2D eigenvalue weighted by atomic mass is 10.1. The normalized spacial score (nSPS) is 29.3. The van der Waals surface area contributed by atoms with E-state index < -0.39 is 10.2 Å². The largest absolute Gasteiger partial charge is 0.279 e. The number of rotatable bonds is 4. The maximum atomic E-state index is 11.9. The van der Waals surface area contributed by atoms with Gasteiger partial charge >= 0.3 is 0 Å². The van der Waals surface area contributed by atoms with Crippen molar-refractivity contribution in [3.8, 4) is 0 Å². The van der Waals surface area contributed by atoms with Gasteiger partial charge in [0.15, 0.2) is 0 Å². The predicted octanol–water partition coefficient (Wildman–Crippen LogP) is 1.11. The van der Waals surface area contributed by atoms with Crippen molar-refractivity contribution in [2.45, 2.75) is 45.1 Å². The number of piperidine rings is 1. The van der Waals surface area contributed by atoms with Crippen LogP contribution in [0.25, 0.3) is 0 Å². The first-order valence-electron chi connectivity index (χ1n) is 5.86. The topological polar surface area (TPSA) is 49.4 Å². The van der Waals surface area contributed by atoms with Crippen LogP contribution in [0.5, 0.6) is 0 Å². The maximum absolute atomic E-state index is 11.9. The highest BCUT2D eigenvalue weighted by molar-refractivity contribution is 7.87. The van der Waals surface area contributed by atoms with Crippen LogP contribution in [-0.4, -0.2) is 31.9 Å². The first kappa shape index (κ1) is 11.4. The molecule has 1 heterocycles. The fourth-order valence-corrected chi connectivity index (χ4v) is 3.62. The zero-order valence-electron chi connectivity index (χ0n) is 9.28. The molecule has 4 nitrogen and oxygen atoms in total. The average molecular weight is 232 g/mol. The van der Waals surface area contributed by atoms with E-state index in [4.69, 9.17) is 0 Å². The fraction of sp³-hybridized carbons (Fsp3) is 1.00. The van der Waals surface area contributed by atoms with Crippen LogP contribution >= 0.6 is 0 Å². The molecule has 1 atom stereocenters. The van der Waals surface area contributed by atoms with E-state index in [-0.39, 0.29) is 6.04 Å². The summed E-state index contributed by atoms with van der Waals surface area (Å²) in [6.45, 7) is 3.31. The Labute approximate surface area is 92.2 Å². The SMILES string of the molecule is C[C@H]1CCCCN1S(=O)(=O)NCC1CC1. The molecule has 2 fully saturated rings. The summed E-state index contributed by atoms with van der Waals surface area (Å²) in [5, 5.41) is 0. The predicted molar refractivity (Wildman–Crippen MR) is 59.7 cm³/mol. The van der Waals surface area contributed by atoms with E-state index in [1.54, 1.807) is 4.31 Å². The number of nitrogens with zero attached hydrogens (tertiary/aromatic N) is 1. The summed E-state index contributed by atoms with van der Waals surface area (Å²) in [6.07, 6.45) is 5.49. The van der Waals surface area contributed by atoms with Gasteiger partial charge < -0.3 is 0 Å². The average Bonchev–Trinajstić information content (AvgIpc) is 2.99. The fourth-order valence-electron chi connectivity index (χ4n) is 2.06. The van der Waals surface area contributed by atoms with Crippen molar-refractivity contribution < 1.29 is 8.42 Å². The molecule has 2 rings (SSSR count). The minimum atomic E-state index is -3.20. The van der Waals surface area contributed by atoms with Gasteiger partial charge in [-0.1, -0.05) is 6.42 Å². The first-order chi connectivity index (χ1) is 7.09. The highest BCUT2D eigenvalue weighted by Gasteiger charge is 2.31. The maximum Gasteiger partial charge on any atom is 0.279 e. The quantitative estimate of drug-likeness (QED) is 0.789. The summed E-state index contributed by atoms with van der Waals surface area (Å²) in [5.41, 5.74) is 0. The van der Waals surface area contributed by atoms with Crippen molar-refractivity contribution >= 4 is 10.2 Å². The lowest BCUT2D eigenvalue weighted by molar-refractivity contribution is 0.265. The van der Waals surface area contributed by atoms with Crippen LogP contribution in [-0.2, 0) is 10.2 Å². The zero-order valence-corrected chi connectivity index (χ0v) is 10.1. The van der Waals surface area contributed by atoms with E-state index in [0.717, 1.165) is 19.3 Å².